The molecule has 0 atom stereocenters. The van der Waals surface area contributed by atoms with E-state index in [1.807, 2.05) is 5.38 Å². The normalized spacial score (nSPS) is 17.6. The second kappa shape index (κ2) is 4.66. The van der Waals surface area contributed by atoms with Crippen molar-refractivity contribution >= 4 is 23.0 Å². The first-order valence-electron chi connectivity index (χ1n) is 5.31. The highest BCUT2D eigenvalue weighted by atomic mass is 32.1. The van der Waals surface area contributed by atoms with Gasteiger partial charge < -0.3 is 10.5 Å². The lowest BCUT2D eigenvalue weighted by atomic mass is 9.98. The fourth-order valence-electron chi connectivity index (χ4n) is 1.87. The molecule has 1 aliphatic rings. The van der Waals surface area contributed by atoms with Crippen molar-refractivity contribution in [1.29, 1.82) is 0 Å². The second-order valence-corrected chi connectivity index (χ2v) is 4.79. The maximum absolute atomic E-state index is 11.7. The Hall–Kier alpha value is -1.03. The van der Waals surface area contributed by atoms with Gasteiger partial charge in [-0.15, -0.1) is 11.3 Å². The molecule has 0 spiro atoms. The van der Waals surface area contributed by atoms with Crippen LogP contribution in [0.1, 0.15) is 41.8 Å². The van der Waals surface area contributed by atoms with Gasteiger partial charge in [0.25, 0.3) is 0 Å². The van der Waals surface area contributed by atoms with Crippen LogP contribution in [0, 0.1) is 0 Å². The van der Waals surface area contributed by atoms with E-state index in [9.17, 15) is 4.79 Å². The van der Waals surface area contributed by atoms with Crippen LogP contribution in [-0.4, -0.2) is 12.1 Å². The number of carbonyl (C=O) groups is 1. The summed E-state index contributed by atoms with van der Waals surface area (Å²) < 4.78 is 5.41. The summed E-state index contributed by atoms with van der Waals surface area (Å²) in [7, 11) is 0. The molecule has 1 aromatic rings. The van der Waals surface area contributed by atoms with Gasteiger partial charge in [0.15, 0.2) is 0 Å². The van der Waals surface area contributed by atoms with Gasteiger partial charge >= 0.3 is 5.97 Å². The SMILES string of the molecule is Nc1ccsc1C(=O)OC1CCCCC1. The van der Waals surface area contributed by atoms with Crippen molar-refractivity contribution in [3.63, 3.8) is 0 Å². The Balaban J connectivity index is 1.94. The first-order chi connectivity index (χ1) is 7.27. The molecule has 2 N–H and O–H groups in total. The third-order valence-corrected chi connectivity index (χ3v) is 3.62. The van der Waals surface area contributed by atoms with Crippen molar-refractivity contribution in [3.05, 3.63) is 16.3 Å². The van der Waals surface area contributed by atoms with Gasteiger partial charge in [-0.2, -0.15) is 0 Å². The molecule has 1 fully saturated rings. The van der Waals surface area contributed by atoms with Crippen molar-refractivity contribution < 1.29 is 9.53 Å². The molecule has 0 aliphatic heterocycles. The highest BCUT2D eigenvalue weighted by Crippen LogP contribution is 2.24. The van der Waals surface area contributed by atoms with Gasteiger partial charge in [-0.3, -0.25) is 0 Å². The Kier molecular flexibility index (Phi) is 3.26. The van der Waals surface area contributed by atoms with Crippen LogP contribution in [0.5, 0.6) is 0 Å². The fraction of sp³-hybridized carbons (Fsp3) is 0.545. The number of rotatable bonds is 2. The fourth-order valence-corrected chi connectivity index (χ4v) is 2.57. The van der Waals surface area contributed by atoms with Crippen molar-refractivity contribution in [2.24, 2.45) is 0 Å². The van der Waals surface area contributed by atoms with E-state index in [1.54, 1.807) is 6.07 Å². The highest BCUT2D eigenvalue weighted by molar-refractivity contribution is 7.12. The Morgan fingerprint density at radius 3 is 2.73 bits per heavy atom. The van der Waals surface area contributed by atoms with Gasteiger partial charge in [-0.25, -0.2) is 4.79 Å². The maximum atomic E-state index is 11.7. The van der Waals surface area contributed by atoms with Crippen molar-refractivity contribution in [1.82, 2.24) is 0 Å². The smallest absolute Gasteiger partial charge is 0.350 e. The van der Waals surface area contributed by atoms with E-state index in [4.69, 9.17) is 10.5 Å². The van der Waals surface area contributed by atoms with Crippen LogP contribution >= 0.6 is 11.3 Å². The molecule has 1 aliphatic carbocycles. The van der Waals surface area contributed by atoms with Crippen LogP contribution in [0.25, 0.3) is 0 Å². The molecule has 0 bridgehead atoms. The molecule has 2 rings (SSSR count). The van der Waals surface area contributed by atoms with E-state index < -0.39 is 0 Å². The standard InChI is InChI=1S/C11H15NO2S/c12-9-6-7-15-10(9)11(13)14-8-4-2-1-3-5-8/h6-8H,1-5,12H2. The summed E-state index contributed by atoms with van der Waals surface area (Å²) in [6, 6.07) is 1.74. The number of ether oxygens (including phenoxy) is 1. The van der Waals surface area contributed by atoms with E-state index in [-0.39, 0.29) is 12.1 Å². The predicted octanol–water partition coefficient (Wildman–Crippen LogP) is 2.82. The van der Waals surface area contributed by atoms with Crippen molar-refractivity contribution in [2.45, 2.75) is 38.2 Å². The van der Waals surface area contributed by atoms with E-state index in [0.29, 0.717) is 10.6 Å². The monoisotopic (exact) mass is 225 g/mol. The van der Waals surface area contributed by atoms with Gasteiger partial charge in [0.2, 0.25) is 0 Å². The summed E-state index contributed by atoms with van der Waals surface area (Å²) in [4.78, 5) is 12.2. The van der Waals surface area contributed by atoms with Crippen molar-refractivity contribution in [3.8, 4) is 0 Å². The van der Waals surface area contributed by atoms with Crippen LogP contribution in [0.15, 0.2) is 11.4 Å². The minimum atomic E-state index is -0.255. The van der Waals surface area contributed by atoms with E-state index in [1.165, 1.54) is 17.8 Å². The molecule has 82 valence electrons. The number of esters is 1. The first kappa shape index (κ1) is 10.5. The summed E-state index contributed by atoms with van der Waals surface area (Å²) >= 11 is 1.35. The minimum absolute atomic E-state index is 0.104. The largest absolute Gasteiger partial charge is 0.458 e. The van der Waals surface area contributed by atoms with Gasteiger partial charge in [-0.05, 0) is 37.1 Å². The van der Waals surface area contributed by atoms with E-state index >= 15 is 0 Å². The molecule has 0 saturated heterocycles. The van der Waals surface area contributed by atoms with E-state index in [2.05, 4.69) is 0 Å². The molecule has 4 heteroatoms. The molecule has 0 aromatic carbocycles. The quantitative estimate of drug-likeness (QED) is 0.787. The summed E-state index contributed by atoms with van der Waals surface area (Å²) in [5, 5.41) is 1.81. The summed E-state index contributed by atoms with van der Waals surface area (Å²) in [6.45, 7) is 0. The number of thiophene rings is 1. The number of hydrogen-bond acceptors (Lipinski definition) is 4. The first-order valence-corrected chi connectivity index (χ1v) is 6.19. The van der Waals surface area contributed by atoms with Crippen LogP contribution in [0.3, 0.4) is 0 Å². The molecule has 3 nitrogen and oxygen atoms in total. The number of carbonyl (C=O) groups excluding carboxylic acids is 1. The molecule has 1 aromatic heterocycles. The predicted molar refractivity (Wildman–Crippen MR) is 61.0 cm³/mol. The number of anilines is 1. The zero-order valence-electron chi connectivity index (χ0n) is 8.57. The molecule has 1 saturated carbocycles. The Labute approximate surface area is 93.2 Å². The average molecular weight is 225 g/mol. The van der Waals surface area contributed by atoms with E-state index in [0.717, 1.165) is 25.7 Å². The van der Waals surface area contributed by atoms with Gasteiger partial charge in [0.05, 0.1) is 5.69 Å². The summed E-state index contributed by atoms with van der Waals surface area (Å²) in [6.07, 6.45) is 5.69. The second-order valence-electron chi connectivity index (χ2n) is 3.87. The lowest BCUT2D eigenvalue weighted by Gasteiger charge is -2.21. The average Bonchev–Trinajstić information content (AvgIpc) is 2.66. The van der Waals surface area contributed by atoms with Crippen LogP contribution in [0.4, 0.5) is 5.69 Å². The molecule has 0 amide bonds. The van der Waals surface area contributed by atoms with Crippen molar-refractivity contribution in [2.75, 3.05) is 5.73 Å². The number of hydrogen-bond donors (Lipinski definition) is 1. The Bertz CT molecular complexity index is 342. The Morgan fingerprint density at radius 2 is 2.13 bits per heavy atom. The minimum Gasteiger partial charge on any atom is -0.458 e. The summed E-state index contributed by atoms with van der Waals surface area (Å²) in [5.74, 6) is -0.255. The topological polar surface area (TPSA) is 52.3 Å². The number of nitrogen functional groups attached to an aromatic ring is 1. The molecule has 0 radical (unpaired) electrons. The Morgan fingerprint density at radius 1 is 1.40 bits per heavy atom. The van der Waals surface area contributed by atoms with Gasteiger partial charge in [0, 0.05) is 0 Å². The van der Waals surface area contributed by atoms with Gasteiger partial charge in [0.1, 0.15) is 11.0 Å². The third kappa shape index (κ3) is 2.50. The zero-order valence-corrected chi connectivity index (χ0v) is 9.39. The van der Waals surface area contributed by atoms with Crippen LogP contribution < -0.4 is 5.73 Å². The van der Waals surface area contributed by atoms with Crippen LogP contribution in [-0.2, 0) is 4.74 Å². The lowest BCUT2D eigenvalue weighted by molar-refractivity contribution is 0.0218. The molecular weight excluding hydrogens is 210 g/mol. The lowest BCUT2D eigenvalue weighted by Crippen LogP contribution is -2.20. The molecule has 1 heterocycles. The molecule has 0 unspecified atom stereocenters. The maximum Gasteiger partial charge on any atom is 0.350 e. The van der Waals surface area contributed by atoms with Crippen LogP contribution in [0.2, 0.25) is 0 Å². The zero-order chi connectivity index (χ0) is 10.7. The number of nitrogens with two attached hydrogens (primary N) is 1. The third-order valence-electron chi connectivity index (χ3n) is 2.71. The summed E-state index contributed by atoms with van der Waals surface area (Å²) in [5.41, 5.74) is 6.18. The molecule has 15 heavy (non-hydrogen) atoms. The molecular formula is C11H15NO2S. The highest BCUT2D eigenvalue weighted by Gasteiger charge is 2.20. The van der Waals surface area contributed by atoms with Gasteiger partial charge in [-0.1, -0.05) is 6.42 Å².